The number of para-hydroxylation sites is 1. The molecule has 2 aromatic rings. The molecule has 0 aromatic heterocycles. The van der Waals surface area contributed by atoms with Gasteiger partial charge in [-0.2, -0.15) is 0 Å². The van der Waals surface area contributed by atoms with Crippen molar-refractivity contribution in [3.05, 3.63) is 54.6 Å². The summed E-state index contributed by atoms with van der Waals surface area (Å²) in [7, 11) is 0. The van der Waals surface area contributed by atoms with E-state index >= 15 is 0 Å². The smallest absolute Gasteiger partial charge is 0.411 e. The number of benzene rings is 2. The van der Waals surface area contributed by atoms with Gasteiger partial charge < -0.3 is 35.3 Å². The van der Waals surface area contributed by atoms with Crippen LogP contribution in [0.3, 0.4) is 0 Å². The van der Waals surface area contributed by atoms with Gasteiger partial charge in [0.15, 0.2) is 0 Å². The third-order valence-electron chi connectivity index (χ3n) is 5.82. The SMILES string of the molecule is CC(C)(C)OC(=O)NC[C@H](O)C(=O)N[C@@H]1C[C@@H](C(=O)Nc2ccc(Oc3ccccc3)cc2)N(C(=O)OC(C)(C)C)C1. The standard InChI is InChI=1S/C30H40N4O8/c1-29(2,3)41-27(38)31-17-24(35)26(37)33-20-16-23(34(18-20)28(39)42-30(4,5)6)25(36)32-19-12-14-22(15-13-19)40-21-10-8-7-9-11-21/h7-15,20,23-24,35H,16-18H2,1-6H3,(H,31,38)(H,32,36)(H,33,37)/t20-,23+,24+/m1/s1. The summed E-state index contributed by atoms with van der Waals surface area (Å²) >= 11 is 0. The Morgan fingerprint density at radius 3 is 2.10 bits per heavy atom. The number of nitrogens with zero attached hydrogens (tertiary/aromatic N) is 1. The van der Waals surface area contributed by atoms with E-state index in [0.29, 0.717) is 17.2 Å². The van der Waals surface area contributed by atoms with Gasteiger partial charge in [0.1, 0.15) is 34.8 Å². The monoisotopic (exact) mass is 584 g/mol. The first-order valence-corrected chi connectivity index (χ1v) is 13.7. The van der Waals surface area contributed by atoms with Crippen LogP contribution in [0.25, 0.3) is 0 Å². The summed E-state index contributed by atoms with van der Waals surface area (Å²) in [6, 6.07) is 14.4. The van der Waals surface area contributed by atoms with Gasteiger partial charge in [0.25, 0.3) is 5.91 Å². The van der Waals surface area contributed by atoms with Gasteiger partial charge in [-0.05, 0) is 84.4 Å². The highest BCUT2D eigenvalue weighted by Gasteiger charge is 2.42. The zero-order valence-corrected chi connectivity index (χ0v) is 24.8. The molecule has 0 saturated carbocycles. The van der Waals surface area contributed by atoms with Crippen LogP contribution in [-0.4, -0.2) is 76.5 Å². The number of amides is 4. The summed E-state index contributed by atoms with van der Waals surface area (Å²) < 4.78 is 16.4. The van der Waals surface area contributed by atoms with E-state index in [9.17, 15) is 24.3 Å². The van der Waals surface area contributed by atoms with Gasteiger partial charge in [0.2, 0.25) is 5.91 Å². The second-order valence-corrected chi connectivity index (χ2v) is 11.9. The molecule has 3 rings (SSSR count). The van der Waals surface area contributed by atoms with Crippen LogP contribution in [0.15, 0.2) is 54.6 Å². The van der Waals surface area contributed by atoms with E-state index < -0.39 is 53.4 Å². The molecule has 4 amide bonds. The fourth-order valence-electron chi connectivity index (χ4n) is 4.05. The molecule has 0 radical (unpaired) electrons. The average Bonchev–Trinajstić information content (AvgIpc) is 3.31. The predicted octanol–water partition coefficient (Wildman–Crippen LogP) is 3.80. The van der Waals surface area contributed by atoms with Crippen molar-refractivity contribution >= 4 is 29.7 Å². The molecule has 4 N–H and O–H groups in total. The minimum atomic E-state index is -1.57. The fraction of sp³-hybridized carbons (Fsp3) is 0.467. The Morgan fingerprint density at radius 2 is 1.50 bits per heavy atom. The first-order valence-electron chi connectivity index (χ1n) is 13.7. The van der Waals surface area contributed by atoms with Crippen LogP contribution in [0.1, 0.15) is 48.0 Å². The van der Waals surface area contributed by atoms with Crippen LogP contribution >= 0.6 is 0 Å². The van der Waals surface area contributed by atoms with Gasteiger partial charge in [-0.15, -0.1) is 0 Å². The number of hydrogen-bond acceptors (Lipinski definition) is 8. The van der Waals surface area contributed by atoms with Crippen molar-refractivity contribution in [2.75, 3.05) is 18.4 Å². The van der Waals surface area contributed by atoms with Gasteiger partial charge in [-0.25, -0.2) is 9.59 Å². The van der Waals surface area contributed by atoms with Crippen molar-refractivity contribution in [2.45, 2.75) is 77.4 Å². The maximum atomic E-state index is 13.3. The number of nitrogens with one attached hydrogen (secondary N) is 3. The summed E-state index contributed by atoms with van der Waals surface area (Å²) in [4.78, 5) is 52.0. The topological polar surface area (TPSA) is 156 Å². The third-order valence-corrected chi connectivity index (χ3v) is 5.82. The number of carbonyl (C=O) groups is 4. The molecule has 12 heteroatoms. The Balaban J connectivity index is 1.63. The molecular weight excluding hydrogens is 544 g/mol. The van der Waals surface area contributed by atoms with Crippen LogP contribution < -0.4 is 20.7 Å². The average molecular weight is 585 g/mol. The largest absolute Gasteiger partial charge is 0.457 e. The zero-order valence-electron chi connectivity index (χ0n) is 24.8. The molecular formula is C30H40N4O8. The van der Waals surface area contributed by atoms with Gasteiger partial charge in [-0.3, -0.25) is 14.5 Å². The van der Waals surface area contributed by atoms with Gasteiger partial charge in [0, 0.05) is 18.3 Å². The maximum absolute atomic E-state index is 13.3. The fourth-order valence-corrected chi connectivity index (χ4v) is 4.05. The molecule has 1 fully saturated rings. The Kier molecular flexibility index (Phi) is 10.4. The minimum Gasteiger partial charge on any atom is -0.457 e. The van der Waals surface area contributed by atoms with Crippen molar-refractivity contribution in [1.82, 2.24) is 15.5 Å². The van der Waals surface area contributed by atoms with Crippen LogP contribution in [0, 0.1) is 0 Å². The molecule has 1 saturated heterocycles. The number of hydrogen-bond donors (Lipinski definition) is 4. The van der Waals surface area contributed by atoms with Crippen molar-refractivity contribution in [1.29, 1.82) is 0 Å². The maximum Gasteiger partial charge on any atom is 0.411 e. The lowest BCUT2D eigenvalue weighted by Gasteiger charge is -2.28. The molecule has 0 spiro atoms. The second-order valence-electron chi connectivity index (χ2n) is 11.9. The van der Waals surface area contributed by atoms with Gasteiger partial charge in [0.05, 0.1) is 6.54 Å². The molecule has 1 heterocycles. The van der Waals surface area contributed by atoms with Crippen molar-refractivity contribution in [3.63, 3.8) is 0 Å². The molecule has 2 aromatic carbocycles. The van der Waals surface area contributed by atoms with Crippen LogP contribution in [0.2, 0.25) is 0 Å². The number of anilines is 1. The molecule has 228 valence electrons. The van der Waals surface area contributed by atoms with E-state index in [2.05, 4.69) is 16.0 Å². The van der Waals surface area contributed by atoms with Gasteiger partial charge in [-0.1, -0.05) is 18.2 Å². The number of aliphatic hydroxyl groups excluding tert-OH is 1. The van der Waals surface area contributed by atoms with E-state index in [1.54, 1.807) is 65.8 Å². The molecule has 1 aliphatic heterocycles. The normalized spacial score (nSPS) is 17.5. The Morgan fingerprint density at radius 1 is 0.905 bits per heavy atom. The summed E-state index contributed by atoms with van der Waals surface area (Å²) in [5, 5.41) is 18.1. The molecule has 3 atom stereocenters. The minimum absolute atomic E-state index is 0.0190. The highest BCUT2D eigenvalue weighted by atomic mass is 16.6. The summed E-state index contributed by atoms with van der Waals surface area (Å²) in [5.41, 5.74) is -1.06. The van der Waals surface area contributed by atoms with E-state index in [-0.39, 0.29) is 19.5 Å². The lowest BCUT2D eigenvalue weighted by atomic mass is 10.1. The molecule has 12 nitrogen and oxygen atoms in total. The lowest BCUT2D eigenvalue weighted by Crippen LogP contribution is -2.48. The molecule has 0 bridgehead atoms. The molecule has 1 aliphatic rings. The van der Waals surface area contributed by atoms with E-state index in [0.717, 1.165) is 0 Å². The molecule has 0 aliphatic carbocycles. The van der Waals surface area contributed by atoms with Crippen molar-refractivity contribution < 1.29 is 38.5 Å². The molecule has 42 heavy (non-hydrogen) atoms. The number of ether oxygens (including phenoxy) is 3. The lowest BCUT2D eigenvalue weighted by molar-refractivity contribution is -0.129. The zero-order chi connectivity index (χ0) is 31.1. The third kappa shape index (κ3) is 10.3. The van der Waals surface area contributed by atoms with Gasteiger partial charge >= 0.3 is 12.2 Å². The highest BCUT2D eigenvalue weighted by molar-refractivity contribution is 5.97. The quantitative estimate of drug-likeness (QED) is 0.365. The summed E-state index contributed by atoms with van der Waals surface area (Å²) in [6.07, 6.45) is -2.98. The summed E-state index contributed by atoms with van der Waals surface area (Å²) in [6.45, 7) is 9.80. The first kappa shape index (κ1) is 32.2. The predicted molar refractivity (Wildman–Crippen MR) is 155 cm³/mol. The number of carbonyl (C=O) groups excluding carboxylic acids is 4. The summed E-state index contributed by atoms with van der Waals surface area (Å²) in [5.74, 6) is 0.0155. The number of likely N-dealkylation sites (tertiary alicyclic amines) is 1. The van der Waals surface area contributed by atoms with Crippen molar-refractivity contribution in [3.8, 4) is 11.5 Å². The van der Waals surface area contributed by atoms with E-state index in [1.807, 2.05) is 30.3 Å². The highest BCUT2D eigenvalue weighted by Crippen LogP contribution is 2.25. The Hall–Kier alpha value is -4.32. The van der Waals surface area contributed by atoms with E-state index in [1.165, 1.54) is 4.90 Å². The number of aliphatic hydroxyl groups is 1. The number of rotatable bonds is 8. The first-order chi connectivity index (χ1) is 19.6. The van der Waals surface area contributed by atoms with E-state index in [4.69, 9.17) is 14.2 Å². The molecule has 0 unspecified atom stereocenters. The van der Waals surface area contributed by atoms with Crippen LogP contribution in [0.5, 0.6) is 11.5 Å². The Bertz CT molecular complexity index is 1240. The van der Waals surface area contributed by atoms with Crippen molar-refractivity contribution in [2.24, 2.45) is 0 Å². The number of alkyl carbamates (subject to hydrolysis) is 1. The Labute approximate surface area is 245 Å². The second kappa shape index (κ2) is 13.6. The van der Waals surface area contributed by atoms with Crippen LogP contribution in [0.4, 0.5) is 15.3 Å². The van der Waals surface area contributed by atoms with Crippen LogP contribution in [-0.2, 0) is 19.1 Å².